The molecule has 0 aliphatic carbocycles. The molecule has 0 aromatic heterocycles. The predicted molar refractivity (Wildman–Crippen MR) is 100 cm³/mol. The molecule has 0 heterocycles. The fraction of sp³-hybridized carbons (Fsp3) is 0.250. The molecule has 0 spiro atoms. The number of hydrogen-bond donors (Lipinski definition) is 0. The zero-order chi connectivity index (χ0) is 17.7. The summed E-state index contributed by atoms with van der Waals surface area (Å²) in [6, 6.07) is 13.3. The number of ether oxygens (including phenoxy) is 1. The summed E-state index contributed by atoms with van der Waals surface area (Å²) >= 11 is 11.8. The molecular weight excluding hydrogens is 343 g/mol. The van der Waals surface area contributed by atoms with Crippen LogP contribution >= 0.6 is 23.2 Å². The van der Waals surface area contributed by atoms with Gasteiger partial charge in [-0.15, -0.1) is 0 Å². The van der Waals surface area contributed by atoms with Gasteiger partial charge in [0.1, 0.15) is 6.61 Å². The summed E-state index contributed by atoms with van der Waals surface area (Å²) in [5.74, 6) is -0.402. The van der Waals surface area contributed by atoms with Crippen molar-refractivity contribution in [2.45, 2.75) is 32.8 Å². The second kappa shape index (κ2) is 7.87. The van der Waals surface area contributed by atoms with Crippen molar-refractivity contribution in [1.82, 2.24) is 0 Å². The largest absolute Gasteiger partial charge is 0.458 e. The third-order valence-corrected chi connectivity index (χ3v) is 4.30. The van der Waals surface area contributed by atoms with Crippen LogP contribution < -0.4 is 0 Å². The first-order chi connectivity index (χ1) is 11.3. The lowest BCUT2D eigenvalue weighted by Gasteiger charge is -2.19. The van der Waals surface area contributed by atoms with Gasteiger partial charge in [0.15, 0.2) is 0 Å². The minimum absolute atomic E-state index is 0.109. The van der Waals surface area contributed by atoms with Gasteiger partial charge in [0, 0.05) is 6.08 Å². The molecule has 0 bridgehead atoms. The number of carbonyl (C=O) groups is 1. The van der Waals surface area contributed by atoms with Crippen molar-refractivity contribution < 1.29 is 9.53 Å². The molecule has 24 heavy (non-hydrogen) atoms. The van der Waals surface area contributed by atoms with Gasteiger partial charge < -0.3 is 4.74 Å². The number of esters is 1. The smallest absolute Gasteiger partial charge is 0.331 e. The second-order valence-electron chi connectivity index (χ2n) is 6.56. The molecule has 0 aliphatic rings. The van der Waals surface area contributed by atoms with Crippen molar-refractivity contribution in [3.8, 4) is 0 Å². The molecule has 0 radical (unpaired) electrons. The molecule has 0 fully saturated rings. The van der Waals surface area contributed by atoms with Crippen molar-refractivity contribution in [3.63, 3.8) is 0 Å². The molecule has 126 valence electrons. The Morgan fingerprint density at radius 2 is 1.71 bits per heavy atom. The maximum atomic E-state index is 11.8. The summed E-state index contributed by atoms with van der Waals surface area (Å²) < 4.78 is 5.24. The number of benzene rings is 2. The van der Waals surface area contributed by atoms with Crippen LogP contribution in [0.3, 0.4) is 0 Å². The molecule has 0 atom stereocenters. The molecule has 2 aromatic carbocycles. The highest BCUT2D eigenvalue weighted by Crippen LogP contribution is 2.23. The van der Waals surface area contributed by atoms with Crippen LogP contribution in [0.5, 0.6) is 0 Å². The van der Waals surface area contributed by atoms with Gasteiger partial charge in [-0.2, -0.15) is 0 Å². The summed E-state index contributed by atoms with van der Waals surface area (Å²) in [6.45, 7) is 6.73. The average Bonchev–Trinajstić information content (AvgIpc) is 2.53. The van der Waals surface area contributed by atoms with Crippen molar-refractivity contribution in [2.24, 2.45) is 0 Å². The zero-order valence-electron chi connectivity index (χ0n) is 14.0. The quantitative estimate of drug-likeness (QED) is 0.488. The Bertz CT molecular complexity index is 741. The van der Waals surface area contributed by atoms with E-state index in [2.05, 4.69) is 32.9 Å². The molecule has 0 amide bonds. The molecule has 2 nitrogen and oxygen atoms in total. The number of carbonyl (C=O) groups excluding carboxylic acids is 1. The Kier molecular flexibility index (Phi) is 6.09. The minimum Gasteiger partial charge on any atom is -0.458 e. The van der Waals surface area contributed by atoms with Gasteiger partial charge in [-0.3, -0.25) is 0 Å². The van der Waals surface area contributed by atoms with E-state index in [0.717, 1.165) is 11.1 Å². The molecule has 0 unspecified atom stereocenters. The molecule has 0 saturated heterocycles. The van der Waals surface area contributed by atoms with Gasteiger partial charge in [-0.1, -0.05) is 74.3 Å². The van der Waals surface area contributed by atoms with Crippen molar-refractivity contribution >= 4 is 35.2 Å². The standard InChI is InChI=1S/C20H20Cl2O2/c1-20(2,3)16-8-4-15(5-9-16)13-24-19(23)11-7-14-6-10-17(21)18(22)12-14/h4-12H,13H2,1-3H3. The highest BCUT2D eigenvalue weighted by atomic mass is 35.5. The highest BCUT2D eigenvalue weighted by Gasteiger charge is 2.12. The Morgan fingerprint density at radius 3 is 2.29 bits per heavy atom. The third-order valence-electron chi connectivity index (χ3n) is 3.56. The molecule has 2 aromatic rings. The number of rotatable bonds is 4. The van der Waals surface area contributed by atoms with E-state index in [1.54, 1.807) is 24.3 Å². The highest BCUT2D eigenvalue weighted by molar-refractivity contribution is 6.42. The van der Waals surface area contributed by atoms with Gasteiger partial charge in [0.05, 0.1) is 10.0 Å². The maximum Gasteiger partial charge on any atom is 0.331 e. The fourth-order valence-corrected chi connectivity index (χ4v) is 2.39. The van der Waals surface area contributed by atoms with Crippen LogP contribution in [0.1, 0.15) is 37.5 Å². The third kappa shape index (κ3) is 5.40. The molecule has 4 heteroatoms. The van der Waals surface area contributed by atoms with Gasteiger partial charge in [0.2, 0.25) is 0 Å². The Labute approximate surface area is 153 Å². The Balaban J connectivity index is 1.91. The van der Waals surface area contributed by atoms with Crippen LogP contribution in [-0.2, 0) is 21.6 Å². The molecular formula is C20H20Cl2O2. The summed E-state index contributed by atoms with van der Waals surface area (Å²) in [7, 11) is 0. The summed E-state index contributed by atoms with van der Waals surface area (Å²) in [6.07, 6.45) is 3.02. The second-order valence-corrected chi connectivity index (χ2v) is 7.38. The van der Waals surface area contributed by atoms with E-state index in [0.29, 0.717) is 10.0 Å². The zero-order valence-corrected chi connectivity index (χ0v) is 15.5. The van der Waals surface area contributed by atoms with Crippen LogP contribution in [0.4, 0.5) is 0 Å². The van der Waals surface area contributed by atoms with Crippen LogP contribution in [-0.4, -0.2) is 5.97 Å². The lowest BCUT2D eigenvalue weighted by molar-refractivity contribution is -0.138. The maximum absolute atomic E-state index is 11.8. The summed E-state index contributed by atoms with van der Waals surface area (Å²) in [5.41, 5.74) is 3.10. The van der Waals surface area contributed by atoms with E-state index in [1.807, 2.05) is 12.1 Å². The van der Waals surface area contributed by atoms with E-state index in [4.69, 9.17) is 27.9 Å². The van der Waals surface area contributed by atoms with Crippen molar-refractivity contribution in [2.75, 3.05) is 0 Å². The van der Waals surface area contributed by atoms with Crippen molar-refractivity contribution in [3.05, 3.63) is 75.3 Å². The molecule has 0 N–H and O–H groups in total. The van der Waals surface area contributed by atoms with E-state index < -0.39 is 5.97 Å². The van der Waals surface area contributed by atoms with E-state index in [1.165, 1.54) is 11.6 Å². The predicted octanol–water partition coefficient (Wildman–Crippen LogP) is 6.05. The van der Waals surface area contributed by atoms with Gasteiger partial charge >= 0.3 is 5.97 Å². The van der Waals surface area contributed by atoms with Gasteiger partial charge in [-0.25, -0.2) is 4.79 Å². The van der Waals surface area contributed by atoms with Crippen LogP contribution in [0.25, 0.3) is 6.08 Å². The fourth-order valence-electron chi connectivity index (χ4n) is 2.08. The summed E-state index contributed by atoms with van der Waals surface area (Å²) in [5, 5.41) is 0.932. The van der Waals surface area contributed by atoms with Crippen LogP contribution in [0.15, 0.2) is 48.5 Å². The van der Waals surface area contributed by atoms with Crippen molar-refractivity contribution in [1.29, 1.82) is 0 Å². The first-order valence-corrected chi connectivity index (χ1v) is 8.40. The summed E-state index contributed by atoms with van der Waals surface area (Å²) in [4.78, 5) is 11.8. The van der Waals surface area contributed by atoms with Gasteiger partial charge in [0.25, 0.3) is 0 Å². The first kappa shape index (κ1) is 18.6. The SMILES string of the molecule is CC(C)(C)c1ccc(COC(=O)C=Cc2ccc(Cl)c(Cl)c2)cc1. The normalized spacial score (nSPS) is 11.7. The topological polar surface area (TPSA) is 26.3 Å². The lowest BCUT2D eigenvalue weighted by atomic mass is 9.87. The Hall–Kier alpha value is -1.77. The number of halogens is 2. The minimum atomic E-state index is -0.402. The van der Waals surface area contributed by atoms with Gasteiger partial charge in [-0.05, 0) is 40.3 Å². The molecule has 0 saturated carbocycles. The van der Waals surface area contributed by atoms with E-state index in [9.17, 15) is 4.79 Å². The monoisotopic (exact) mass is 362 g/mol. The number of hydrogen-bond acceptors (Lipinski definition) is 2. The first-order valence-electron chi connectivity index (χ1n) is 7.65. The molecule has 0 aliphatic heterocycles. The lowest BCUT2D eigenvalue weighted by Crippen LogP contribution is -2.10. The van der Waals surface area contributed by atoms with E-state index >= 15 is 0 Å². The van der Waals surface area contributed by atoms with Crippen LogP contribution in [0, 0.1) is 0 Å². The Morgan fingerprint density at radius 1 is 1.04 bits per heavy atom. The average molecular weight is 363 g/mol. The van der Waals surface area contributed by atoms with E-state index in [-0.39, 0.29) is 12.0 Å². The molecule has 2 rings (SSSR count). The van der Waals surface area contributed by atoms with Crippen LogP contribution in [0.2, 0.25) is 10.0 Å².